The first-order valence-corrected chi connectivity index (χ1v) is 6.43. The predicted octanol–water partition coefficient (Wildman–Crippen LogP) is 0.743. The third-order valence-electron chi connectivity index (χ3n) is 3.51. The maximum Gasteiger partial charge on any atom is 0.257 e. The molecular formula is C14H20N2O4. The van der Waals surface area contributed by atoms with Crippen LogP contribution in [0.2, 0.25) is 0 Å². The maximum atomic E-state index is 12.4. The highest BCUT2D eigenvalue weighted by atomic mass is 16.5. The van der Waals surface area contributed by atoms with Crippen molar-refractivity contribution >= 4 is 5.91 Å². The summed E-state index contributed by atoms with van der Waals surface area (Å²) in [5.41, 5.74) is 6.05. The molecule has 2 rings (SSSR count). The molecule has 1 heterocycles. The van der Waals surface area contributed by atoms with E-state index in [0.29, 0.717) is 48.4 Å². The molecule has 1 saturated heterocycles. The van der Waals surface area contributed by atoms with Gasteiger partial charge in [0.2, 0.25) is 0 Å². The lowest BCUT2D eigenvalue weighted by molar-refractivity contribution is 0.0511. The SMILES string of the molecule is COc1cc(OC)c(C(=O)N2CC(CN)C2)cc1OC. The van der Waals surface area contributed by atoms with Crippen molar-refractivity contribution < 1.29 is 19.0 Å². The number of nitrogens with zero attached hydrogens (tertiary/aromatic N) is 1. The van der Waals surface area contributed by atoms with Crippen LogP contribution in [0, 0.1) is 5.92 Å². The molecule has 0 radical (unpaired) electrons. The molecular weight excluding hydrogens is 260 g/mol. The van der Waals surface area contributed by atoms with Crippen molar-refractivity contribution in [2.24, 2.45) is 11.7 Å². The lowest BCUT2D eigenvalue weighted by atomic mass is 9.99. The van der Waals surface area contributed by atoms with E-state index in [1.54, 1.807) is 24.1 Å². The fraction of sp³-hybridized carbons (Fsp3) is 0.500. The Balaban J connectivity index is 2.28. The van der Waals surface area contributed by atoms with Crippen LogP contribution in [-0.2, 0) is 0 Å². The lowest BCUT2D eigenvalue weighted by Crippen LogP contribution is -2.52. The average molecular weight is 280 g/mol. The van der Waals surface area contributed by atoms with E-state index < -0.39 is 0 Å². The summed E-state index contributed by atoms with van der Waals surface area (Å²) in [4.78, 5) is 14.2. The van der Waals surface area contributed by atoms with E-state index in [1.165, 1.54) is 14.2 Å². The fourth-order valence-corrected chi connectivity index (χ4v) is 2.25. The van der Waals surface area contributed by atoms with Crippen LogP contribution in [0.3, 0.4) is 0 Å². The van der Waals surface area contributed by atoms with Gasteiger partial charge in [-0.15, -0.1) is 0 Å². The molecule has 0 aliphatic carbocycles. The van der Waals surface area contributed by atoms with Crippen LogP contribution in [0.4, 0.5) is 0 Å². The first kappa shape index (κ1) is 14.5. The Bertz CT molecular complexity index is 498. The van der Waals surface area contributed by atoms with Gasteiger partial charge < -0.3 is 24.8 Å². The summed E-state index contributed by atoms with van der Waals surface area (Å²) in [5.74, 6) is 1.83. The molecule has 0 spiro atoms. The highest BCUT2D eigenvalue weighted by Gasteiger charge is 2.32. The zero-order chi connectivity index (χ0) is 14.7. The largest absolute Gasteiger partial charge is 0.496 e. The number of carbonyl (C=O) groups excluding carboxylic acids is 1. The standard InChI is InChI=1S/C14H20N2O4/c1-18-11-5-13(20-3)12(19-2)4-10(11)14(17)16-7-9(6-15)8-16/h4-5,9H,6-8,15H2,1-3H3. The van der Waals surface area contributed by atoms with E-state index in [1.807, 2.05) is 0 Å². The van der Waals surface area contributed by atoms with Gasteiger partial charge >= 0.3 is 0 Å². The molecule has 0 saturated carbocycles. The maximum absolute atomic E-state index is 12.4. The Hall–Kier alpha value is -1.95. The van der Waals surface area contributed by atoms with Gasteiger partial charge in [-0.2, -0.15) is 0 Å². The average Bonchev–Trinajstić information content (AvgIpc) is 2.44. The molecule has 0 bridgehead atoms. The van der Waals surface area contributed by atoms with E-state index in [2.05, 4.69) is 0 Å². The van der Waals surface area contributed by atoms with Crippen molar-refractivity contribution in [3.05, 3.63) is 17.7 Å². The normalized spacial score (nSPS) is 14.7. The molecule has 1 aromatic rings. The highest BCUT2D eigenvalue weighted by molar-refractivity contribution is 5.98. The molecule has 2 N–H and O–H groups in total. The van der Waals surface area contributed by atoms with Crippen LogP contribution in [0.1, 0.15) is 10.4 Å². The summed E-state index contributed by atoms with van der Waals surface area (Å²) in [6.45, 7) is 1.98. The van der Waals surface area contributed by atoms with Gasteiger partial charge in [-0.25, -0.2) is 0 Å². The minimum atomic E-state index is -0.0764. The highest BCUT2D eigenvalue weighted by Crippen LogP contribution is 2.35. The molecule has 1 fully saturated rings. The van der Waals surface area contributed by atoms with Crippen molar-refractivity contribution in [2.75, 3.05) is 41.0 Å². The van der Waals surface area contributed by atoms with Crippen LogP contribution in [0.15, 0.2) is 12.1 Å². The van der Waals surface area contributed by atoms with E-state index in [0.717, 1.165) is 0 Å². The summed E-state index contributed by atoms with van der Waals surface area (Å²) in [6, 6.07) is 3.31. The minimum absolute atomic E-state index is 0.0764. The van der Waals surface area contributed by atoms with Gasteiger partial charge in [-0.05, 0) is 6.54 Å². The number of benzene rings is 1. The Morgan fingerprint density at radius 2 is 1.70 bits per heavy atom. The molecule has 110 valence electrons. The monoisotopic (exact) mass is 280 g/mol. The van der Waals surface area contributed by atoms with E-state index in [9.17, 15) is 4.79 Å². The zero-order valence-electron chi connectivity index (χ0n) is 12.0. The van der Waals surface area contributed by atoms with E-state index in [4.69, 9.17) is 19.9 Å². The molecule has 0 unspecified atom stereocenters. The molecule has 6 nitrogen and oxygen atoms in total. The van der Waals surface area contributed by atoms with Crippen molar-refractivity contribution in [1.29, 1.82) is 0 Å². The van der Waals surface area contributed by atoms with Crippen LogP contribution >= 0.6 is 0 Å². The second kappa shape index (κ2) is 6.00. The topological polar surface area (TPSA) is 74.0 Å². The second-order valence-electron chi connectivity index (χ2n) is 4.72. The van der Waals surface area contributed by atoms with Gasteiger partial charge in [0.1, 0.15) is 5.75 Å². The quantitative estimate of drug-likeness (QED) is 0.861. The molecule has 0 aromatic heterocycles. The second-order valence-corrected chi connectivity index (χ2v) is 4.72. The number of methoxy groups -OCH3 is 3. The smallest absolute Gasteiger partial charge is 0.257 e. The van der Waals surface area contributed by atoms with Gasteiger partial charge in [0.25, 0.3) is 5.91 Å². The fourth-order valence-electron chi connectivity index (χ4n) is 2.25. The molecule has 1 aliphatic heterocycles. The zero-order valence-corrected chi connectivity index (χ0v) is 12.0. The van der Waals surface area contributed by atoms with Crippen LogP contribution in [-0.4, -0.2) is 51.8 Å². The summed E-state index contributed by atoms with van der Waals surface area (Å²) in [6.07, 6.45) is 0. The Kier molecular flexibility index (Phi) is 4.34. The Labute approximate surface area is 118 Å². The van der Waals surface area contributed by atoms with Crippen molar-refractivity contribution in [3.63, 3.8) is 0 Å². The van der Waals surface area contributed by atoms with E-state index >= 15 is 0 Å². The van der Waals surface area contributed by atoms with Gasteiger partial charge in [0.15, 0.2) is 11.5 Å². The first-order chi connectivity index (χ1) is 9.64. The number of likely N-dealkylation sites (tertiary alicyclic amines) is 1. The third kappa shape index (κ3) is 2.51. The van der Waals surface area contributed by atoms with Crippen LogP contribution in [0.5, 0.6) is 17.2 Å². The third-order valence-corrected chi connectivity index (χ3v) is 3.51. The van der Waals surface area contributed by atoms with Crippen molar-refractivity contribution in [3.8, 4) is 17.2 Å². The molecule has 6 heteroatoms. The molecule has 1 amide bonds. The van der Waals surface area contributed by atoms with Crippen LogP contribution < -0.4 is 19.9 Å². The van der Waals surface area contributed by atoms with Gasteiger partial charge in [-0.1, -0.05) is 0 Å². The van der Waals surface area contributed by atoms with Crippen LogP contribution in [0.25, 0.3) is 0 Å². The summed E-state index contributed by atoms with van der Waals surface area (Å²) in [7, 11) is 4.60. The molecule has 1 aromatic carbocycles. The van der Waals surface area contributed by atoms with Crippen molar-refractivity contribution in [2.45, 2.75) is 0 Å². The summed E-state index contributed by atoms with van der Waals surface area (Å²) in [5, 5.41) is 0. The van der Waals surface area contributed by atoms with Gasteiger partial charge in [0, 0.05) is 31.1 Å². The number of ether oxygens (including phenoxy) is 3. The van der Waals surface area contributed by atoms with Gasteiger partial charge in [0.05, 0.1) is 26.9 Å². The number of rotatable bonds is 5. The van der Waals surface area contributed by atoms with Gasteiger partial charge in [-0.3, -0.25) is 4.79 Å². The lowest BCUT2D eigenvalue weighted by Gasteiger charge is -2.38. The number of hydrogen-bond acceptors (Lipinski definition) is 5. The number of hydrogen-bond donors (Lipinski definition) is 1. The Morgan fingerprint density at radius 3 is 2.20 bits per heavy atom. The van der Waals surface area contributed by atoms with Crippen molar-refractivity contribution in [1.82, 2.24) is 4.90 Å². The van der Waals surface area contributed by atoms with E-state index in [-0.39, 0.29) is 5.91 Å². The molecule has 0 atom stereocenters. The number of nitrogens with two attached hydrogens (primary N) is 1. The first-order valence-electron chi connectivity index (χ1n) is 6.43. The Morgan fingerprint density at radius 1 is 1.15 bits per heavy atom. The number of amides is 1. The molecule has 1 aliphatic rings. The minimum Gasteiger partial charge on any atom is -0.496 e. The molecule has 20 heavy (non-hydrogen) atoms. The summed E-state index contributed by atoms with van der Waals surface area (Å²) < 4.78 is 15.7. The predicted molar refractivity (Wildman–Crippen MR) is 74.5 cm³/mol. The number of carbonyl (C=O) groups is 1. The summed E-state index contributed by atoms with van der Waals surface area (Å²) >= 11 is 0.